The average molecular weight is 216 g/mol. The van der Waals surface area contributed by atoms with Crippen LogP contribution in [0.4, 0.5) is 0 Å². The van der Waals surface area contributed by atoms with E-state index in [4.69, 9.17) is 17.0 Å². The van der Waals surface area contributed by atoms with Gasteiger partial charge in [-0.15, -0.1) is 0 Å². The molecule has 1 fully saturated rings. The maximum Gasteiger partial charge on any atom is 0.168 e. The summed E-state index contributed by atoms with van der Waals surface area (Å²) in [6.45, 7) is 4.84. The van der Waals surface area contributed by atoms with Gasteiger partial charge in [0.1, 0.15) is 0 Å². The van der Waals surface area contributed by atoms with Gasteiger partial charge in [0.25, 0.3) is 0 Å². The van der Waals surface area contributed by atoms with Crippen LogP contribution in [0.5, 0.6) is 0 Å². The zero-order chi connectivity index (χ0) is 10.4. The van der Waals surface area contributed by atoms with Crippen molar-refractivity contribution in [3.8, 4) is 0 Å². The largest absolute Gasteiger partial charge is 0.381 e. The predicted octanol–water partition coefficient (Wildman–Crippen LogP) is 1.38. The Morgan fingerprint density at radius 2 is 2.14 bits per heavy atom. The Kier molecular flexibility index (Phi) is 5.19. The Morgan fingerprint density at radius 1 is 1.50 bits per heavy atom. The Morgan fingerprint density at radius 3 is 2.71 bits per heavy atom. The van der Waals surface area contributed by atoms with Crippen LogP contribution in [0.1, 0.15) is 26.2 Å². The molecule has 0 radical (unpaired) electrons. The van der Waals surface area contributed by atoms with Crippen LogP contribution < -0.4 is 5.32 Å². The highest BCUT2D eigenvalue weighted by molar-refractivity contribution is 7.80. The summed E-state index contributed by atoms with van der Waals surface area (Å²) in [5, 5.41) is 4.12. The summed E-state index contributed by atoms with van der Waals surface area (Å²) in [6, 6.07) is 0.556. The van der Waals surface area contributed by atoms with Gasteiger partial charge < -0.3 is 15.0 Å². The maximum atomic E-state index is 5.32. The van der Waals surface area contributed by atoms with Crippen molar-refractivity contribution in [3.05, 3.63) is 0 Å². The Balaban J connectivity index is 2.30. The molecule has 1 heterocycles. The number of nitrogens with zero attached hydrogens (tertiary/aromatic N) is 1. The molecule has 0 spiro atoms. The molecular formula is C10H20N2OS. The lowest BCUT2D eigenvalue weighted by molar-refractivity contribution is 0.0603. The fraction of sp³-hybridized carbons (Fsp3) is 0.900. The molecule has 0 aromatic carbocycles. The lowest BCUT2D eigenvalue weighted by atomic mass is 10.1. The number of ether oxygens (including phenoxy) is 1. The van der Waals surface area contributed by atoms with Crippen LogP contribution in [0, 0.1) is 0 Å². The van der Waals surface area contributed by atoms with E-state index in [1.165, 1.54) is 0 Å². The van der Waals surface area contributed by atoms with E-state index in [9.17, 15) is 0 Å². The Labute approximate surface area is 91.8 Å². The van der Waals surface area contributed by atoms with Crippen LogP contribution in [-0.4, -0.2) is 42.9 Å². The van der Waals surface area contributed by atoms with E-state index in [1.807, 2.05) is 0 Å². The minimum Gasteiger partial charge on any atom is -0.381 e. The van der Waals surface area contributed by atoms with Gasteiger partial charge in [-0.05, 0) is 31.5 Å². The monoisotopic (exact) mass is 216 g/mol. The van der Waals surface area contributed by atoms with Crippen molar-refractivity contribution in [2.45, 2.75) is 32.2 Å². The SMILES string of the molecule is CCCNC(=S)N(C)C1CCOCC1. The van der Waals surface area contributed by atoms with Crippen LogP contribution in [0.15, 0.2) is 0 Å². The van der Waals surface area contributed by atoms with Crippen molar-refractivity contribution in [1.82, 2.24) is 10.2 Å². The highest BCUT2D eigenvalue weighted by Gasteiger charge is 2.19. The van der Waals surface area contributed by atoms with E-state index in [0.29, 0.717) is 6.04 Å². The fourth-order valence-electron chi connectivity index (χ4n) is 1.59. The van der Waals surface area contributed by atoms with Crippen LogP contribution in [0.25, 0.3) is 0 Å². The van der Waals surface area contributed by atoms with Crippen LogP contribution >= 0.6 is 12.2 Å². The Bertz CT molecular complexity index is 181. The van der Waals surface area contributed by atoms with Crippen molar-refractivity contribution in [2.24, 2.45) is 0 Å². The summed E-state index contributed by atoms with van der Waals surface area (Å²) in [6.07, 6.45) is 3.29. The summed E-state index contributed by atoms with van der Waals surface area (Å²) in [5.41, 5.74) is 0. The molecule has 4 heteroatoms. The minimum atomic E-state index is 0.556. The fourth-order valence-corrected chi connectivity index (χ4v) is 1.85. The van der Waals surface area contributed by atoms with Gasteiger partial charge in [-0.3, -0.25) is 0 Å². The van der Waals surface area contributed by atoms with Gasteiger partial charge in [0.15, 0.2) is 5.11 Å². The molecule has 1 saturated heterocycles. The van der Waals surface area contributed by atoms with Crippen LogP contribution in [0.2, 0.25) is 0 Å². The van der Waals surface area contributed by atoms with Crippen molar-refractivity contribution in [3.63, 3.8) is 0 Å². The topological polar surface area (TPSA) is 24.5 Å². The van der Waals surface area contributed by atoms with Crippen molar-refractivity contribution in [1.29, 1.82) is 0 Å². The molecule has 82 valence electrons. The zero-order valence-corrected chi connectivity index (χ0v) is 9.90. The number of hydrogen-bond acceptors (Lipinski definition) is 2. The van der Waals surface area contributed by atoms with Gasteiger partial charge in [0, 0.05) is 32.8 Å². The predicted molar refractivity (Wildman–Crippen MR) is 62.5 cm³/mol. The van der Waals surface area contributed by atoms with Gasteiger partial charge in [-0.2, -0.15) is 0 Å². The molecule has 0 bridgehead atoms. The summed E-state index contributed by atoms with van der Waals surface area (Å²) >= 11 is 5.30. The zero-order valence-electron chi connectivity index (χ0n) is 9.08. The van der Waals surface area contributed by atoms with E-state index in [2.05, 4.69) is 24.2 Å². The molecule has 1 rings (SSSR count). The highest BCUT2D eigenvalue weighted by atomic mass is 32.1. The molecule has 0 aromatic rings. The lowest BCUT2D eigenvalue weighted by Crippen LogP contribution is -2.45. The molecule has 0 amide bonds. The molecule has 0 unspecified atom stereocenters. The molecule has 1 N–H and O–H groups in total. The second-order valence-corrected chi connectivity index (χ2v) is 4.07. The molecular weight excluding hydrogens is 196 g/mol. The minimum absolute atomic E-state index is 0.556. The normalized spacial score (nSPS) is 17.9. The second-order valence-electron chi connectivity index (χ2n) is 3.69. The molecule has 14 heavy (non-hydrogen) atoms. The van der Waals surface area contributed by atoms with Gasteiger partial charge in [0.05, 0.1) is 0 Å². The first-order chi connectivity index (χ1) is 6.75. The molecule has 0 aromatic heterocycles. The summed E-state index contributed by atoms with van der Waals surface area (Å²) < 4.78 is 5.32. The third kappa shape index (κ3) is 3.42. The van der Waals surface area contributed by atoms with Gasteiger partial charge in [0.2, 0.25) is 0 Å². The summed E-state index contributed by atoms with van der Waals surface area (Å²) in [4.78, 5) is 2.17. The maximum absolute atomic E-state index is 5.32. The van der Waals surface area contributed by atoms with E-state index in [1.54, 1.807) is 0 Å². The van der Waals surface area contributed by atoms with Gasteiger partial charge in [-0.25, -0.2) is 0 Å². The number of nitrogens with one attached hydrogen (secondary N) is 1. The molecule has 0 aliphatic carbocycles. The van der Waals surface area contributed by atoms with Crippen molar-refractivity contribution in [2.75, 3.05) is 26.8 Å². The first-order valence-corrected chi connectivity index (χ1v) is 5.75. The second kappa shape index (κ2) is 6.19. The Hall–Kier alpha value is -0.350. The highest BCUT2D eigenvalue weighted by Crippen LogP contribution is 2.12. The van der Waals surface area contributed by atoms with E-state index in [0.717, 1.165) is 44.1 Å². The summed E-state index contributed by atoms with van der Waals surface area (Å²) in [5.74, 6) is 0. The average Bonchev–Trinajstić information content (AvgIpc) is 2.26. The van der Waals surface area contributed by atoms with Gasteiger partial charge >= 0.3 is 0 Å². The van der Waals surface area contributed by atoms with Crippen LogP contribution in [0.3, 0.4) is 0 Å². The third-order valence-electron chi connectivity index (χ3n) is 2.59. The smallest absolute Gasteiger partial charge is 0.168 e. The molecule has 0 saturated carbocycles. The third-order valence-corrected chi connectivity index (χ3v) is 3.02. The standard InChI is InChI=1S/C10H20N2OS/c1-3-6-11-10(14)12(2)9-4-7-13-8-5-9/h9H,3-8H2,1-2H3,(H,11,14). The number of hydrogen-bond donors (Lipinski definition) is 1. The quantitative estimate of drug-likeness (QED) is 0.720. The molecule has 0 atom stereocenters. The lowest BCUT2D eigenvalue weighted by Gasteiger charge is -2.33. The first-order valence-electron chi connectivity index (χ1n) is 5.34. The number of rotatable bonds is 3. The first kappa shape index (κ1) is 11.7. The van der Waals surface area contributed by atoms with Crippen LogP contribution in [-0.2, 0) is 4.74 Å². The summed E-state index contributed by atoms with van der Waals surface area (Å²) in [7, 11) is 2.07. The molecule has 1 aliphatic heterocycles. The van der Waals surface area contributed by atoms with E-state index in [-0.39, 0.29) is 0 Å². The van der Waals surface area contributed by atoms with E-state index >= 15 is 0 Å². The van der Waals surface area contributed by atoms with E-state index < -0.39 is 0 Å². The molecule has 3 nitrogen and oxygen atoms in total. The van der Waals surface area contributed by atoms with Gasteiger partial charge in [-0.1, -0.05) is 6.92 Å². The van der Waals surface area contributed by atoms with Crippen molar-refractivity contribution < 1.29 is 4.74 Å². The number of thiocarbonyl (C=S) groups is 1. The molecule has 1 aliphatic rings. The van der Waals surface area contributed by atoms with Crippen molar-refractivity contribution >= 4 is 17.3 Å².